The molecule has 1 saturated heterocycles. The van der Waals surface area contributed by atoms with E-state index in [0.29, 0.717) is 12.5 Å². The molecule has 0 bridgehead atoms. The molecule has 6 nitrogen and oxygen atoms in total. The zero-order valence-corrected chi connectivity index (χ0v) is 16.7. The summed E-state index contributed by atoms with van der Waals surface area (Å²) in [6.07, 6.45) is 1.99. The maximum absolute atomic E-state index is 12.8. The minimum atomic E-state index is -0.376. The summed E-state index contributed by atoms with van der Waals surface area (Å²) in [7, 11) is 0. The van der Waals surface area contributed by atoms with Gasteiger partial charge in [0.05, 0.1) is 10.9 Å². The highest BCUT2D eigenvalue weighted by Crippen LogP contribution is 2.38. The van der Waals surface area contributed by atoms with Crippen molar-refractivity contribution in [1.29, 1.82) is 0 Å². The van der Waals surface area contributed by atoms with Gasteiger partial charge in [0.25, 0.3) is 0 Å². The molecule has 142 valence electrons. The number of anilines is 1. The van der Waals surface area contributed by atoms with Gasteiger partial charge in [-0.25, -0.2) is 4.98 Å². The number of rotatable bonds is 5. The monoisotopic (exact) mass is 376 g/mol. The summed E-state index contributed by atoms with van der Waals surface area (Å²) < 4.78 is 0. The SMILES string of the molecule is CCN1C(=O)C(CC(=O)N2CCN(CC(C)C)CC2)Sc2ncccc21. The van der Waals surface area contributed by atoms with E-state index in [9.17, 15) is 9.59 Å². The summed E-state index contributed by atoms with van der Waals surface area (Å²) in [6.45, 7) is 11.4. The van der Waals surface area contributed by atoms with Crippen molar-refractivity contribution in [3.05, 3.63) is 18.3 Å². The van der Waals surface area contributed by atoms with Gasteiger partial charge in [0.2, 0.25) is 11.8 Å². The number of nitrogens with zero attached hydrogens (tertiary/aromatic N) is 4. The van der Waals surface area contributed by atoms with E-state index in [-0.39, 0.29) is 23.5 Å². The lowest BCUT2D eigenvalue weighted by molar-refractivity contribution is -0.134. The van der Waals surface area contributed by atoms with Crippen LogP contribution in [0.15, 0.2) is 23.4 Å². The second kappa shape index (κ2) is 8.39. The first-order valence-corrected chi connectivity index (χ1v) is 10.3. The fourth-order valence-electron chi connectivity index (χ4n) is 3.60. The molecule has 26 heavy (non-hydrogen) atoms. The minimum Gasteiger partial charge on any atom is -0.340 e. The number of carbonyl (C=O) groups is 2. The second-order valence-corrected chi connectivity index (χ2v) is 8.49. The molecule has 0 spiro atoms. The van der Waals surface area contributed by atoms with Crippen LogP contribution in [0.3, 0.4) is 0 Å². The maximum atomic E-state index is 12.8. The Kier molecular flexibility index (Phi) is 6.19. The number of piperazine rings is 1. The highest BCUT2D eigenvalue weighted by molar-refractivity contribution is 8.00. The van der Waals surface area contributed by atoms with Gasteiger partial charge in [-0.1, -0.05) is 25.6 Å². The number of hydrogen-bond acceptors (Lipinski definition) is 5. The van der Waals surface area contributed by atoms with Crippen LogP contribution in [0, 0.1) is 5.92 Å². The molecule has 1 fully saturated rings. The van der Waals surface area contributed by atoms with Gasteiger partial charge in [0.1, 0.15) is 5.03 Å². The van der Waals surface area contributed by atoms with Crippen molar-refractivity contribution in [2.24, 2.45) is 5.92 Å². The summed E-state index contributed by atoms with van der Waals surface area (Å²) in [5.41, 5.74) is 0.857. The van der Waals surface area contributed by atoms with Crippen LogP contribution in [0.2, 0.25) is 0 Å². The highest BCUT2D eigenvalue weighted by atomic mass is 32.2. The van der Waals surface area contributed by atoms with Crippen molar-refractivity contribution in [3.63, 3.8) is 0 Å². The van der Waals surface area contributed by atoms with Crippen LogP contribution in [-0.2, 0) is 9.59 Å². The Hall–Kier alpha value is -1.60. The zero-order chi connectivity index (χ0) is 18.7. The third-order valence-electron chi connectivity index (χ3n) is 4.86. The van der Waals surface area contributed by atoms with Gasteiger partial charge in [-0.05, 0) is 25.0 Å². The molecule has 2 aliphatic heterocycles. The third kappa shape index (κ3) is 4.20. The number of fused-ring (bicyclic) bond motifs is 1. The van der Waals surface area contributed by atoms with Crippen LogP contribution >= 0.6 is 11.8 Å². The Bertz CT molecular complexity index is 659. The van der Waals surface area contributed by atoms with Gasteiger partial charge >= 0.3 is 0 Å². The molecule has 1 unspecified atom stereocenters. The standard InChI is InChI=1S/C19H28N4O2S/c1-4-23-15-6-5-7-20-18(15)26-16(19(23)25)12-17(24)22-10-8-21(9-11-22)13-14(2)3/h5-7,14,16H,4,8-13H2,1-3H3. The topological polar surface area (TPSA) is 56.8 Å². The molecular weight excluding hydrogens is 348 g/mol. The van der Waals surface area contributed by atoms with E-state index in [1.54, 1.807) is 11.1 Å². The molecule has 0 aromatic carbocycles. The summed E-state index contributed by atoms with van der Waals surface area (Å²) in [5.74, 6) is 0.737. The second-order valence-electron chi connectivity index (χ2n) is 7.30. The molecule has 3 heterocycles. The number of carbonyl (C=O) groups excluding carboxylic acids is 2. The summed E-state index contributed by atoms with van der Waals surface area (Å²) in [6, 6.07) is 3.76. The lowest BCUT2D eigenvalue weighted by Crippen LogP contribution is -2.51. The fourth-order valence-corrected chi connectivity index (χ4v) is 4.74. The average molecular weight is 377 g/mol. The molecule has 0 N–H and O–H groups in total. The molecule has 3 rings (SSSR count). The van der Waals surface area contributed by atoms with Crippen molar-refractivity contribution in [2.45, 2.75) is 37.5 Å². The van der Waals surface area contributed by atoms with Gasteiger partial charge in [-0.15, -0.1) is 0 Å². The number of aromatic nitrogens is 1. The number of amides is 2. The van der Waals surface area contributed by atoms with Gasteiger partial charge in [0, 0.05) is 51.9 Å². The Morgan fingerprint density at radius 1 is 1.31 bits per heavy atom. The summed E-state index contributed by atoms with van der Waals surface area (Å²) in [5, 5.41) is 0.465. The number of pyridine rings is 1. The quantitative estimate of drug-likeness (QED) is 0.788. The third-order valence-corrected chi connectivity index (χ3v) is 6.05. The maximum Gasteiger partial charge on any atom is 0.241 e. The molecule has 1 aromatic heterocycles. The predicted molar refractivity (Wildman–Crippen MR) is 104 cm³/mol. The number of thioether (sulfide) groups is 1. The smallest absolute Gasteiger partial charge is 0.241 e. The van der Waals surface area contributed by atoms with Gasteiger partial charge in [-0.3, -0.25) is 14.5 Å². The molecule has 0 saturated carbocycles. The van der Waals surface area contributed by atoms with Crippen molar-refractivity contribution in [2.75, 3.05) is 44.2 Å². The molecular formula is C19H28N4O2S. The Balaban J connectivity index is 1.61. The lowest BCUT2D eigenvalue weighted by Gasteiger charge is -2.37. The number of hydrogen-bond donors (Lipinski definition) is 0. The molecule has 1 aromatic rings. The zero-order valence-electron chi connectivity index (χ0n) is 15.9. The Labute approximate surface area is 159 Å². The van der Waals surface area contributed by atoms with E-state index in [1.807, 2.05) is 24.0 Å². The van der Waals surface area contributed by atoms with Crippen LogP contribution in [-0.4, -0.2) is 71.1 Å². The van der Waals surface area contributed by atoms with Crippen molar-refractivity contribution in [1.82, 2.24) is 14.8 Å². The van der Waals surface area contributed by atoms with E-state index >= 15 is 0 Å². The fraction of sp³-hybridized carbons (Fsp3) is 0.632. The van der Waals surface area contributed by atoms with Crippen LogP contribution in [0.5, 0.6) is 0 Å². The Morgan fingerprint density at radius 2 is 2.04 bits per heavy atom. The summed E-state index contributed by atoms with van der Waals surface area (Å²) in [4.78, 5) is 36.0. The van der Waals surface area contributed by atoms with Crippen molar-refractivity contribution < 1.29 is 9.59 Å². The van der Waals surface area contributed by atoms with Crippen molar-refractivity contribution >= 4 is 29.3 Å². The molecule has 7 heteroatoms. The minimum absolute atomic E-state index is 0.0183. The largest absolute Gasteiger partial charge is 0.340 e. The first kappa shape index (κ1) is 19.2. The molecule has 0 aliphatic carbocycles. The molecule has 1 atom stereocenters. The van der Waals surface area contributed by atoms with E-state index in [0.717, 1.165) is 43.4 Å². The molecule has 2 amide bonds. The first-order chi connectivity index (χ1) is 12.5. The van der Waals surface area contributed by atoms with Crippen LogP contribution in [0.25, 0.3) is 0 Å². The van der Waals surface area contributed by atoms with Gasteiger partial charge in [-0.2, -0.15) is 0 Å². The average Bonchev–Trinajstić information content (AvgIpc) is 2.62. The highest BCUT2D eigenvalue weighted by Gasteiger charge is 2.36. The van der Waals surface area contributed by atoms with E-state index in [2.05, 4.69) is 23.7 Å². The van der Waals surface area contributed by atoms with E-state index in [1.165, 1.54) is 11.8 Å². The first-order valence-electron chi connectivity index (χ1n) is 9.42. The van der Waals surface area contributed by atoms with Gasteiger partial charge in [0.15, 0.2) is 0 Å². The lowest BCUT2D eigenvalue weighted by atomic mass is 10.1. The summed E-state index contributed by atoms with van der Waals surface area (Å²) >= 11 is 1.43. The van der Waals surface area contributed by atoms with Crippen LogP contribution in [0.1, 0.15) is 27.2 Å². The van der Waals surface area contributed by atoms with Crippen molar-refractivity contribution in [3.8, 4) is 0 Å². The van der Waals surface area contributed by atoms with Gasteiger partial charge < -0.3 is 9.80 Å². The van der Waals surface area contributed by atoms with Crippen LogP contribution in [0.4, 0.5) is 5.69 Å². The van der Waals surface area contributed by atoms with E-state index < -0.39 is 0 Å². The van der Waals surface area contributed by atoms with E-state index in [4.69, 9.17) is 0 Å². The molecule has 2 aliphatic rings. The predicted octanol–water partition coefficient (Wildman–Crippen LogP) is 2.10. The molecule has 0 radical (unpaired) electrons. The van der Waals surface area contributed by atoms with Crippen LogP contribution < -0.4 is 4.90 Å². The Morgan fingerprint density at radius 3 is 2.69 bits per heavy atom. The normalized spacial score (nSPS) is 21.2.